The van der Waals surface area contributed by atoms with E-state index in [0.29, 0.717) is 0 Å². The Morgan fingerprint density at radius 1 is 0.611 bits per heavy atom. The van der Waals surface area contributed by atoms with Gasteiger partial charge in [-0.05, 0) is 0 Å². The third-order valence-corrected chi connectivity index (χ3v) is 51.3. The van der Waals surface area contributed by atoms with Crippen LogP contribution in [-0.4, -0.2) is 10.1 Å². The normalized spacial score (nSPS) is 17.3. The van der Waals surface area contributed by atoms with Crippen LogP contribution in [0, 0.1) is 0 Å². The van der Waals surface area contributed by atoms with Gasteiger partial charge in [-0.2, -0.15) is 0 Å². The van der Waals surface area contributed by atoms with Crippen molar-refractivity contribution < 1.29 is 43.2 Å². The summed E-state index contributed by atoms with van der Waals surface area (Å²) in [5.74, 6) is 5.42. The Balaban J connectivity index is 0.00000152. The number of fused-ring (bicyclic) bond motifs is 6. The van der Waals surface area contributed by atoms with E-state index in [2.05, 4.69) is 110 Å². The van der Waals surface area contributed by atoms with Crippen molar-refractivity contribution in [2.24, 2.45) is 0 Å². The Morgan fingerprint density at radius 2 is 1.03 bits per heavy atom. The fourth-order valence-corrected chi connectivity index (χ4v) is 52.5. The Bertz CT molecular complexity index is 1450. The maximum absolute atomic E-state index is 2.71. The molecule has 0 saturated heterocycles. The Morgan fingerprint density at radius 3 is 1.42 bits per heavy atom. The second-order valence-electron chi connectivity index (χ2n) is 10.0. The standard InChI is InChI=1S/2C15H13.C2H6Ge.2ClH.Hf/c2*1-2-11-9-13-8-7-12-5-3-4-6-14(12)15(13)10-11;1-3-2;;;/h2*3-10H,2H2,1H3;1-2H3;2*1H;/q;;;;;+2/p-2. The molecule has 6 rings (SSSR count). The summed E-state index contributed by atoms with van der Waals surface area (Å²) in [4.78, 5) is 0. The number of hydrogen-bond acceptors (Lipinski definition) is 0. The van der Waals surface area contributed by atoms with Gasteiger partial charge in [-0.1, -0.05) is 0 Å². The van der Waals surface area contributed by atoms with Crippen molar-refractivity contribution in [3.8, 4) is 0 Å². The Hall–Kier alpha value is -1.13. The van der Waals surface area contributed by atoms with Gasteiger partial charge in [0.2, 0.25) is 0 Å². The van der Waals surface area contributed by atoms with Gasteiger partial charge in [-0.25, -0.2) is 0 Å². The summed E-state index contributed by atoms with van der Waals surface area (Å²) in [6.45, 7) is 4.79. The van der Waals surface area contributed by atoms with Gasteiger partial charge in [0.1, 0.15) is 0 Å². The Kier molecular flexibility index (Phi) is 8.77. The number of hydrogen-bond donors (Lipinski definition) is 0. The summed E-state index contributed by atoms with van der Waals surface area (Å²) in [7, 11) is -1.13. The first-order chi connectivity index (χ1) is 16.6. The fourth-order valence-electron chi connectivity index (χ4n) is 6.48. The second-order valence-corrected chi connectivity index (χ2v) is 50.2. The van der Waals surface area contributed by atoms with Gasteiger partial charge < -0.3 is 24.8 Å². The molecular weight excluding hydrogens is 706 g/mol. The molecule has 0 amide bonds. The van der Waals surface area contributed by atoms with E-state index < -0.39 is 28.4 Å². The van der Waals surface area contributed by atoms with E-state index in [-0.39, 0.29) is 24.8 Å². The summed E-state index contributed by atoms with van der Waals surface area (Å²) in [6, 6.07) is 27.8. The van der Waals surface area contributed by atoms with Crippen LogP contribution in [0.4, 0.5) is 0 Å². The van der Waals surface area contributed by atoms with Gasteiger partial charge in [0.15, 0.2) is 0 Å². The minimum atomic E-state index is -2.17. The molecule has 0 nitrogen and oxygen atoms in total. The molecule has 182 valence electrons. The SMILES string of the molecule is CCC1=Cc2c(ccc3ccccc23)[CH]1[Hf+2]([CH]1C(CC)=Cc2c1ccc1ccccc21)=[Ge]([CH3])[CH3].[Cl-].[Cl-]. The van der Waals surface area contributed by atoms with Crippen LogP contribution in [0.1, 0.15) is 56.3 Å². The zero-order valence-corrected chi connectivity index (χ0v) is 28.6. The van der Waals surface area contributed by atoms with Gasteiger partial charge in [-0.3, -0.25) is 0 Å². The fraction of sp³-hybridized carbons (Fsp3) is 0.250. The molecule has 4 heteroatoms. The van der Waals surface area contributed by atoms with E-state index in [1.807, 2.05) is 0 Å². The minimum Gasteiger partial charge on any atom is -1.00 e. The topological polar surface area (TPSA) is 0 Å². The average Bonchev–Trinajstić information content (AvgIpc) is 3.43. The van der Waals surface area contributed by atoms with E-state index >= 15 is 0 Å². The smallest absolute Gasteiger partial charge is 1.00 e. The first kappa shape index (κ1) is 27.9. The molecule has 0 heterocycles. The van der Waals surface area contributed by atoms with E-state index in [4.69, 9.17) is 0 Å². The van der Waals surface area contributed by atoms with Crippen LogP contribution in [0.2, 0.25) is 11.5 Å². The quantitative estimate of drug-likeness (QED) is 0.283. The van der Waals surface area contributed by atoms with Crippen molar-refractivity contribution >= 4 is 43.8 Å². The van der Waals surface area contributed by atoms with E-state index in [1.54, 1.807) is 33.4 Å². The van der Waals surface area contributed by atoms with Gasteiger partial charge >= 0.3 is 214 Å². The van der Waals surface area contributed by atoms with Crippen molar-refractivity contribution in [2.75, 3.05) is 0 Å². The van der Waals surface area contributed by atoms with Crippen LogP contribution in [0.5, 0.6) is 0 Å². The minimum absolute atomic E-state index is 0. The Labute approximate surface area is 236 Å². The number of allylic oxidation sites excluding steroid dienone is 2. The predicted octanol–water partition coefficient (Wildman–Crippen LogP) is 3.27. The molecule has 0 fully saturated rings. The molecule has 36 heavy (non-hydrogen) atoms. The molecule has 0 aliphatic heterocycles. The van der Waals surface area contributed by atoms with Gasteiger partial charge in [0.25, 0.3) is 0 Å². The molecule has 2 unspecified atom stereocenters. The maximum Gasteiger partial charge on any atom is -1.00 e. The third kappa shape index (κ3) is 4.43. The molecule has 2 atom stereocenters. The zero-order chi connectivity index (χ0) is 23.4. The van der Waals surface area contributed by atoms with Crippen LogP contribution >= 0.6 is 0 Å². The molecule has 0 bridgehead atoms. The van der Waals surface area contributed by atoms with E-state index in [1.165, 1.54) is 34.4 Å². The summed E-state index contributed by atoms with van der Waals surface area (Å²) in [5.41, 5.74) is 9.92. The monoisotopic (exact) mass is 740 g/mol. The van der Waals surface area contributed by atoms with Crippen LogP contribution in [0.15, 0.2) is 83.9 Å². The predicted molar refractivity (Wildman–Crippen MR) is 147 cm³/mol. The molecular formula is C32H32Cl2GeHf. The molecule has 2 aliphatic rings. The van der Waals surface area contributed by atoms with Crippen molar-refractivity contribution in [1.82, 2.24) is 0 Å². The first-order valence-corrected chi connectivity index (χ1v) is 31.5. The summed E-state index contributed by atoms with van der Waals surface area (Å²) < 4.78 is 1.52. The third-order valence-electron chi connectivity index (χ3n) is 8.05. The number of rotatable bonds is 4. The van der Waals surface area contributed by atoms with Crippen molar-refractivity contribution in [3.63, 3.8) is 0 Å². The molecule has 0 radical (unpaired) electrons. The van der Waals surface area contributed by atoms with Crippen LogP contribution < -0.4 is 24.8 Å². The van der Waals surface area contributed by atoms with Gasteiger partial charge in [0, 0.05) is 0 Å². The molecule has 0 N–H and O–H groups in total. The largest absolute Gasteiger partial charge is 1.00 e. The molecule has 0 aromatic heterocycles. The zero-order valence-electron chi connectivity index (χ0n) is 21.4. The van der Waals surface area contributed by atoms with Gasteiger partial charge in [0.05, 0.1) is 0 Å². The maximum atomic E-state index is 2.71. The summed E-state index contributed by atoms with van der Waals surface area (Å²) in [6.07, 6.45) is 7.60. The molecule has 4 aromatic carbocycles. The van der Waals surface area contributed by atoms with Crippen LogP contribution in [-0.2, 0) is 18.3 Å². The van der Waals surface area contributed by atoms with Crippen molar-refractivity contribution in [1.29, 1.82) is 0 Å². The molecule has 2 aliphatic carbocycles. The first-order valence-electron chi connectivity index (χ1n) is 12.7. The molecule has 4 aromatic rings. The van der Waals surface area contributed by atoms with E-state index in [9.17, 15) is 0 Å². The van der Waals surface area contributed by atoms with Crippen LogP contribution in [0.3, 0.4) is 0 Å². The number of benzene rings is 4. The van der Waals surface area contributed by atoms with E-state index in [0.717, 1.165) is 7.35 Å². The summed E-state index contributed by atoms with van der Waals surface area (Å²) >= 11 is -2.17. The average molecular weight is 739 g/mol. The summed E-state index contributed by atoms with van der Waals surface area (Å²) in [5, 5.41) is 5.68. The number of halogens is 2. The molecule has 0 spiro atoms. The second kappa shape index (κ2) is 11.3. The van der Waals surface area contributed by atoms with Gasteiger partial charge in [-0.15, -0.1) is 0 Å². The molecule has 0 saturated carbocycles. The van der Waals surface area contributed by atoms with Crippen molar-refractivity contribution in [3.05, 3.63) is 106 Å². The van der Waals surface area contributed by atoms with Crippen LogP contribution in [0.25, 0.3) is 33.7 Å². The van der Waals surface area contributed by atoms with Crippen molar-refractivity contribution in [2.45, 2.75) is 45.6 Å².